The molecule has 0 bridgehead atoms. The first-order chi connectivity index (χ1) is 11.1. The molecule has 6 heteroatoms. The summed E-state index contributed by atoms with van der Waals surface area (Å²) in [7, 11) is 5.81. The van der Waals surface area contributed by atoms with Crippen LogP contribution in [-0.4, -0.2) is 18.6 Å². The molecule has 0 atom stereocenters. The van der Waals surface area contributed by atoms with E-state index < -0.39 is 0 Å². The third-order valence-corrected chi connectivity index (χ3v) is 4.48. The molecule has 108 valence electrons. The molecule has 0 saturated heterocycles. The van der Waals surface area contributed by atoms with Crippen LogP contribution in [0.2, 0.25) is 5.02 Å². The Labute approximate surface area is 138 Å². The van der Waals surface area contributed by atoms with Gasteiger partial charge in [-0.05, 0) is 24.1 Å². The molecule has 1 aromatic heterocycles. The number of Topliss-reactive ketones (excluding diaryl/α,β-unsaturated/α-hetero) is 1. The van der Waals surface area contributed by atoms with Crippen molar-refractivity contribution in [1.82, 2.24) is 4.98 Å². The minimum Gasteiger partial charge on any atom is -0.435 e. The normalized spacial score (nSPS) is 13.3. The average molecular weight is 319 g/mol. The summed E-state index contributed by atoms with van der Waals surface area (Å²) in [5, 5.41) is 9.82. The second kappa shape index (κ2) is 4.97. The van der Waals surface area contributed by atoms with E-state index in [-0.39, 0.29) is 11.7 Å². The number of oxazole rings is 1. The Balaban J connectivity index is 2.01. The Morgan fingerprint density at radius 1 is 1.30 bits per heavy atom. The van der Waals surface area contributed by atoms with Crippen molar-refractivity contribution >= 4 is 41.8 Å². The Hall–Kier alpha value is -2.58. The molecule has 0 fully saturated rings. The number of rotatable bonds is 1. The number of nitriles is 1. The third-order valence-electron chi connectivity index (χ3n) is 4.06. The highest BCUT2D eigenvalue weighted by Gasteiger charge is 2.27. The number of halogens is 1. The van der Waals surface area contributed by atoms with Crippen LogP contribution in [0.1, 0.15) is 27.9 Å². The number of carbonyl (C=O) groups is 1. The van der Waals surface area contributed by atoms with E-state index in [9.17, 15) is 10.1 Å². The quantitative estimate of drug-likeness (QED) is 0.647. The number of aromatic nitrogens is 1. The van der Waals surface area contributed by atoms with Crippen LogP contribution in [0, 0.1) is 11.3 Å². The van der Waals surface area contributed by atoms with Gasteiger partial charge in [0.15, 0.2) is 11.4 Å². The summed E-state index contributed by atoms with van der Waals surface area (Å²) in [6.07, 6.45) is 0.979. The monoisotopic (exact) mass is 318 g/mol. The molecule has 0 aliphatic heterocycles. The van der Waals surface area contributed by atoms with Crippen LogP contribution in [0.15, 0.2) is 28.7 Å². The van der Waals surface area contributed by atoms with Gasteiger partial charge in [0.1, 0.15) is 25.0 Å². The molecule has 4 rings (SSSR count). The van der Waals surface area contributed by atoms with Crippen molar-refractivity contribution < 1.29 is 9.21 Å². The van der Waals surface area contributed by atoms with E-state index in [2.05, 4.69) is 11.1 Å². The summed E-state index contributed by atoms with van der Waals surface area (Å²) >= 11 is 6.21. The lowest BCUT2D eigenvalue weighted by Crippen LogP contribution is -2.03. The van der Waals surface area contributed by atoms with Gasteiger partial charge in [-0.1, -0.05) is 29.2 Å². The molecule has 0 N–H and O–H groups in total. The van der Waals surface area contributed by atoms with Crippen molar-refractivity contribution in [3.8, 4) is 17.5 Å². The molecule has 1 heterocycles. The maximum Gasteiger partial charge on any atom is 0.228 e. The van der Waals surface area contributed by atoms with Gasteiger partial charge in [0.2, 0.25) is 5.89 Å². The number of fused-ring (bicyclic) bond motifs is 2. The highest BCUT2D eigenvalue weighted by Crippen LogP contribution is 2.35. The van der Waals surface area contributed by atoms with Crippen LogP contribution < -0.4 is 5.46 Å². The SMILES string of the molecule is [B]c1cccc(-c2nc3cc4c(c(C#N)c3o2)CCC4=O)c1Cl. The number of benzene rings is 2. The Morgan fingerprint density at radius 3 is 2.91 bits per heavy atom. The summed E-state index contributed by atoms with van der Waals surface area (Å²) in [4.78, 5) is 16.3. The fraction of sp³-hybridized carbons (Fsp3) is 0.118. The predicted octanol–water partition coefficient (Wildman–Crippen LogP) is 2.94. The highest BCUT2D eigenvalue weighted by molar-refractivity contribution is 6.46. The number of carbonyl (C=O) groups excluding carboxylic acids is 1. The van der Waals surface area contributed by atoms with E-state index >= 15 is 0 Å². The smallest absolute Gasteiger partial charge is 0.228 e. The molecular weight excluding hydrogens is 310 g/mol. The van der Waals surface area contributed by atoms with Crippen molar-refractivity contribution in [3.05, 3.63) is 46.0 Å². The van der Waals surface area contributed by atoms with E-state index in [0.717, 1.165) is 5.56 Å². The average Bonchev–Trinajstić information content (AvgIpc) is 3.12. The molecular formula is C17H8BClN2O2. The molecule has 0 amide bonds. The van der Waals surface area contributed by atoms with Crippen molar-refractivity contribution in [2.24, 2.45) is 0 Å². The van der Waals surface area contributed by atoms with Gasteiger partial charge in [-0.2, -0.15) is 5.26 Å². The molecule has 1 aliphatic rings. The fourth-order valence-electron chi connectivity index (χ4n) is 2.93. The molecule has 0 spiro atoms. The van der Waals surface area contributed by atoms with E-state index in [1.807, 2.05) is 0 Å². The van der Waals surface area contributed by atoms with Crippen LogP contribution in [0.5, 0.6) is 0 Å². The van der Waals surface area contributed by atoms with Gasteiger partial charge in [-0.15, -0.1) is 0 Å². The second-order valence-electron chi connectivity index (χ2n) is 5.39. The zero-order valence-corrected chi connectivity index (χ0v) is 12.6. The first-order valence-electron chi connectivity index (χ1n) is 7.04. The van der Waals surface area contributed by atoms with Crippen molar-refractivity contribution in [1.29, 1.82) is 5.26 Å². The number of nitrogens with zero attached hydrogens (tertiary/aromatic N) is 2. The summed E-state index contributed by atoms with van der Waals surface area (Å²) in [6, 6.07) is 9.00. The minimum absolute atomic E-state index is 0.0323. The van der Waals surface area contributed by atoms with Crippen molar-refractivity contribution in [2.45, 2.75) is 12.8 Å². The zero-order chi connectivity index (χ0) is 16.1. The molecule has 0 saturated carbocycles. The number of ketones is 1. The molecule has 4 nitrogen and oxygen atoms in total. The fourth-order valence-corrected chi connectivity index (χ4v) is 3.14. The molecule has 2 radical (unpaired) electrons. The zero-order valence-electron chi connectivity index (χ0n) is 11.9. The predicted molar refractivity (Wildman–Crippen MR) is 87.2 cm³/mol. The lowest BCUT2D eigenvalue weighted by atomic mass is 9.94. The van der Waals surface area contributed by atoms with E-state index in [0.29, 0.717) is 51.1 Å². The maximum atomic E-state index is 11.9. The molecule has 2 aromatic carbocycles. The number of hydrogen-bond donors (Lipinski definition) is 0. The summed E-state index contributed by atoms with van der Waals surface area (Å²) < 4.78 is 5.79. The Morgan fingerprint density at radius 2 is 2.13 bits per heavy atom. The summed E-state index contributed by atoms with van der Waals surface area (Å²) in [5.74, 6) is 0.315. The first-order valence-corrected chi connectivity index (χ1v) is 7.42. The molecule has 23 heavy (non-hydrogen) atoms. The first kappa shape index (κ1) is 14.0. The van der Waals surface area contributed by atoms with Gasteiger partial charge >= 0.3 is 0 Å². The van der Waals surface area contributed by atoms with Gasteiger partial charge < -0.3 is 4.42 Å². The molecule has 3 aromatic rings. The van der Waals surface area contributed by atoms with Gasteiger partial charge in [-0.25, -0.2) is 4.98 Å². The highest BCUT2D eigenvalue weighted by atomic mass is 35.5. The summed E-state index contributed by atoms with van der Waals surface area (Å²) in [6.45, 7) is 0. The van der Waals surface area contributed by atoms with E-state index in [4.69, 9.17) is 23.9 Å². The van der Waals surface area contributed by atoms with Crippen molar-refractivity contribution in [2.75, 3.05) is 0 Å². The second-order valence-corrected chi connectivity index (χ2v) is 5.77. The standard InChI is InChI=1S/C17H8BClN2O2/c18-12-3-1-2-9(15(12)19)17-21-13-6-10-8(4-5-14(10)22)11(7-20)16(13)23-17/h1-3,6H,4-5H2. The number of hydrogen-bond acceptors (Lipinski definition) is 4. The Bertz CT molecular complexity index is 1030. The lowest BCUT2D eigenvalue weighted by Gasteiger charge is -2.02. The Kier molecular flexibility index (Phi) is 3.04. The van der Waals surface area contributed by atoms with Crippen molar-refractivity contribution in [3.63, 3.8) is 0 Å². The largest absolute Gasteiger partial charge is 0.435 e. The van der Waals surface area contributed by atoms with Gasteiger partial charge in [0, 0.05) is 17.0 Å². The van der Waals surface area contributed by atoms with Crippen LogP contribution in [0.3, 0.4) is 0 Å². The van der Waals surface area contributed by atoms with Crippen LogP contribution in [-0.2, 0) is 6.42 Å². The van der Waals surface area contributed by atoms with Gasteiger partial charge in [-0.3, -0.25) is 4.79 Å². The van der Waals surface area contributed by atoms with E-state index in [1.54, 1.807) is 24.3 Å². The molecule has 0 unspecified atom stereocenters. The van der Waals surface area contributed by atoms with Gasteiger partial charge in [0.25, 0.3) is 0 Å². The van der Waals surface area contributed by atoms with E-state index in [1.165, 1.54) is 0 Å². The summed E-state index contributed by atoms with van der Waals surface area (Å²) in [5.41, 5.74) is 3.52. The van der Waals surface area contributed by atoms with Crippen LogP contribution >= 0.6 is 11.6 Å². The van der Waals surface area contributed by atoms with Gasteiger partial charge in [0.05, 0.1) is 5.56 Å². The minimum atomic E-state index is 0.0323. The maximum absolute atomic E-state index is 11.9. The lowest BCUT2D eigenvalue weighted by molar-refractivity contribution is 0.0994. The molecule has 1 aliphatic carbocycles. The van der Waals surface area contributed by atoms with Crippen LogP contribution in [0.4, 0.5) is 0 Å². The topological polar surface area (TPSA) is 66.9 Å². The third kappa shape index (κ3) is 1.99. The van der Waals surface area contributed by atoms with Crippen LogP contribution in [0.25, 0.3) is 22.6 Å².